The van der Waals surface area contributed by atoms with E-state index < -0.39 is 0 Å². The van der Waals surface area contributed by atoms with Gasteiger partial charge in [-0.15, -0.1) is 0 Å². The van der Waals surface area contributed by atoms with Crippen LogP contribution in [0.2, 0.25) is 0 Å². The van der Waals surface area contributed by atoms with Gasteiger partial charge < -0.3 is 10.1 Å². The summed E-state index contributed by atoms with van der Waals surface area (Å²) in [5.74, 6) is 0.406. The van der Waals surface area contributed by atoms with Crippen molar-refractivity contribution in [1.29, 1.82) is 0 Å². The summed E-state index contributed by atoms with van der Waals surface area (Å²) in [7, 11) is 3.21. The number of carbonyl (C=O) groups excluding carboxylic acids is 2. The van der Waals surface area contributed by atoms with E-state index in [1.807, 2.05) is 54.6 Å². The molecule has 0 bridgehead atoms. The quantitative estimate of drug-likeness (QED) is 0.489. The van der Waals surface area contributed by atoms with Crippen molar-refractivity contribution in [1.82, 2.24) is 15.5 Å². The third-order valence-electron chi connectivity index (χ3n) is 5.88. The molecule has 1 aliphatic rings. The van der Waals surface area contributed by atoms with Gasteiger partial charge in [0.15, 0.2) is 0 Å². The number of nitrogens with one attached hydrogen (secondary N) is 2. The van der Waals surface area contributed by atoms with Gasteiger partial charge in [0.2, 0.25) is 0 Å². The van der Waals surface area contributed by atoms with Gasteiger partial charge in [-0.3, -0.25) is 19.6 Å². The highest BCUT2D eigenvalue weighted by Crippen LogP contribution is 2.45. The van der Waals surface area contributed by atoms with Gasteiger partial charge >= 0.3 is 0 Å². The number of aromatic nitrogens is 2. The molecule has 1 aliphatic heterocycles. The van der Waals surface area contributed by atoms with Crippen LogP contribution in [0.5, 0.6) is 5.75 Å². The standard InChI is InChI=1S/C26H22N4O3/c1-27-25(31)18-8-12-19(13-9-18)30-24(17-6-4-3-5-7-17)21-22(28-29-23(21)26(30)32)16-10-14-20(33-2)15-11-16/h3-15,24H,1-2H3,(H,27,31)(H,28,29). The molecule has 0 fully saturated rings. The summed E-state index contributed by atoms with van der Waals surface area (Å²) in [4.78, 5) is 27.3. The van der Waals surface area contributed by atoms with Crippen LogP contribution < -0.4 is 15.0 Å². The molecular weight excluding hydrogens is 416 g/mol. The number of ether oxygens (including phenoxy) is 1. The summed E-state index contributed by atoms with van der Waals surface area (Å²) in [6, 6.07) is 24.2. The molecule has 0 spiro atoms. The number of benzene rings is 3. The van der Waals surface area contributed by atoms with Crippen LogP contribution in [0.25, 0.3) is 11.3 Å². The zero-order valence-electron chi connectivity index (χ0n) is 18.2. The molecule has 0 radical (unpaired) electrons. The average molecular weight is 438 g/mol. The largest absolute Gasteiger partial charge is 0.497 e. The second-order valence-electron chi connectivity index (χ2n) is 7.70. The summed E-state index contributed by atoms with van der Waals surface area (Å²) < 4.78 is 5.28. The fourth-order valence-electron chi connectivity index (χ4n) is 4.25. The molecule has 0 aliphatic carbocycles. The number of methoxy groups -OCH3 is 1. The normalized spacial score (nSPS) is 14.8. The van der Waals surface area contributed by atoms with E-state index in [1.54, 1.807) is 43.3 Å². The van der Waals surface area contributed by atoms with Crippen molar-refractivity contribution in [2.75, 3.05) is 19.1 Å². The summed E-state index contributed by atoms with van der Waals surface area (Å²) >= 11 is 0. The molecular formula is C26H22N4O3. The SMILES string of the molecule is CNC(=O)c1ccc(N2C(=O)c3[nH]nc(-c4ccc(OC)cc4)c3C2c2ccccc2)cc1. The number of nitrogens with zero attached hydrogens (tertiary/aromatic N) is 2. The predicted molar refractivity (Wildman–Crippen MR) is 126 cm³/mol. The fourth-order valence-corrected chi connectivity index (χ4v) is 4.25. The van der Waals surface area contributed by atoms with Crippen molar-refractivity contribution in [3.63, 3.8) is 0 Å². The summed E-state index contributed by atoms with van der Waals surface area (Å²) in [5.41, 5.74) is 5.10. The second kappa shape index (κ2) is 8.27. The number of rotatable bonds is 5. The first-order valence-electron chi connectivity index (χ1n) is 10.6. The second-order valence-corrected chi connectivity index (χ2v) is 7.70. The summed E-state index contributed by atoms with van der Waals surface area (Å²) in [6.45, 7) is 0. The first-order valence-corrected chi connectivity index (χ1v) is 10.6. The van der Waals surface area contributed by atoms with Gasteiger partial charge in [-0.2, -0.15) is 5.10 Å². The Bertz CT molecular complexity index is 1310. The number of anilines is 1. The fraction of sp³-hybridized carbons (Fsp3) is 0.115. The van der Waals surface area contributed by atoms with Crippen molar-refractivity contribution in [2.24, 2.45) is 0 Å². The molecule has 2 heterocycles. The van der Waals surface area contributed by atoms with E-state index in [0.717, 1.165) is 28.1 Å². The minimum Gasteiger partial charge on any atom is -0.497 e. The van der Waals surface area contributed by atoms with Crippen LogP contribution in [-0.4, -0.2) is 36.2 Å². The smallest absolute Gasteiger partial charge is 0.277 e. The first-order chi connectivity index (χ1) is 16.1. The molecule has 7 nitrogen and oxygen atoms in total. The molecule has 33 heavy (non-hydrogen) atoms. The van der Waals surface area contributed by atoms with Gasteiger partial charge in [0, 0.05) is 29.4 Å². The highest BCUT2D eigenvalue weighted by Gasteiger charge is 2.43. The van der Waals surface area contributed by atoms with E-state index in [0.29, 0.717) is 16.9 Å². The highest BCUT2D eigenvalue weighted by atomic mass is 16.5. The van der Waals surface area contributed by atoms with E-state index in [-0.39, 0.29) is 17.9 Å². The first kappa shape index (κ1) is 20.5. The lowest BCUT2D eigenvalue weighted by Crippen LogP contribution is -2.29. The van der Waals surface area contributed by atoms with Crippen molar-refractivity contribution in [3.8, 4) is 17.0 Å². The zero-order valence-corrected chi connectivity index (χ0v) is 18.2. The molecule has 1 unspecified atom stereocenters. The van der Waals surface area contributed by atoms with E-state index in [4.69, 9.17) is 4.74 Å². The lowest BCUT2D eigenvalue weighted by molar-refractivity contribution is 0.0961. The van der Waals surface area contributed by atoms with Crippen LogP contribution in [-0.2, 0) is 0 Å². The van der Waals surface area contributed by atoms with Gasteiger partial charge in [0.1, 0.15) is 11.4 Å². The van der Waals surface area contributed by atoms with Crippen molar-refractivity contribution >= 4 is 17.5 Å². The maximum Gasteiger partial charge on any atom is 0.277 e. The Morgan fingerprint density at radius 2 is 1.70 bits per heavy atom. The average Bonchev–Trinajstić information content (AvgIpc) is 3.43. The molecule has 2 amide bonds. The molecule has 164 valence electrons. The molecule has 3 aromatic carbocycles. The Labute approximate surface area is 191 Å². The summed E-state index contributed by atoms with van der Waals surface area (Å²) in [6.07, 6.45) is 0. The van der Waals surface area contributed by atoms with Crippen LogP contribution in [0.3, 0.4) is 0 Å². The molecule has 1 aromatic heterocycles. The Balaban J connectivity index is 1.64. The van der Waals surface area contributed by atoms with Gasteiger partial charge in [0.25, 0.3) is 11.8 Å². The van der Waals surface area contributed by atoms with Crippen LogP contribution in [0, 0.1) is 0 Å². The van der Waals surface area contributed by atoms with Crippen LogP contribution >= 0.6 is 0 Å². The van der Waals surface area contributed by atoms with Gasteiger partial charge in [-0.1, -0.05) is 30.3 Å². The van der Waals surface area contributed by atoms with E-state index in [1.165, 1.54) is 0 Å². The highest BCUT2D eigenvalue weighted by molar-refractivity contribution is 6.12. The third kappa shape index (κ3) is 3.43. The number of carbonyl (C=O) groups is 2. The van der Waals surface area contributed by atoms with Crippen molar-refractivity contribution in [2.45, 2.75) is 6.04 Å². The number of fused-ring (bicyclic) bond motifs is 1. The maximum absolute atomic E-state index is 13.6. The van der Waals surface area contributed by atoms with Gasteiger partial charge in [-0.25, -0.2) is 0 Å². The van der Waals surface area contributed by atoms with E-state index in [9.17, 15) is 9.59 Å². The van der Waals surface area contributed by atoms with E-state index in [2.05, 4.69) is 15.5 Å². The lowest BCUT2D eigenvalue weighted by atomic mass is 9.96. The number of H-pyrrole nitrogens is 1. The van der Waals surface area contributed by atoms with Crippen LogP contribution in [0.15, 0.2) is 78.9 Å². The predicted octanol–water partition coefficient (Wildman–Crippen LogP) is 4.19. The minimum absolute atomic E-state index is 0.168. The van der Waals surface area contributed by atoms with Gasteiger partial charge in [0.05, 0.1) is 18.8 Å². The number of hydrogen-bond acceptors (Lipinski definition) is 4. The topological polar surface area (TPSA) is 87.3 Å². The van der Waals surface area contributed by atoms with E-state index >= 15 is 0 Å². The molecule has 1 atom stereocenters. The number of aromatic amines is 1. The molecule has 0 saturated carbocycles. The molecule has 4 aromatic rings. The Morgan fingerprint density at radius 3 is 2.33 bits per heavy atom. The molecule has 7 heteroatoms. The zero-order chi connectivity index (χ0) is 22.9. The van der Waals surface area contributed by atoms with Crippen LogP contribution in [0.1, 0.15) is 38.0 Å². The number of hydrogen-bond donors (Lipinski definition) is 2. The molecule has 2 N–H and O–H groups in total. The molecule has 5 rings (SSSR count). The molecule has 0 saturated heterocycles. The van der Waals surface area contributed by atoms with Crippen LogP contribution in [0.4, 0.5) is 5.69 Å². The van der Waals surface area contributed by atoms with Crippen molar-refractivity contribution in [3.05, 3.63) is 101 Å². The Kier molecular flexibility index (Phi) is 5.14. The lowest BCUT2D eigenvalue weighted by Gasteiger charge is -2.26. The minimum atomic E-state index is -0.365. The monoisotopic (exact) mass is 438 g/mol. The number of amides is 2. The Morgan fingerprint density at radius 1 is 1.00 bits per heavy atom. The maximum atomic E-state index is 13.6. The third-order valence-corrected chi connectivity index (χ3v) is 5.88. The summed E-state index contributed by atoms with van der Waals surface area (Å²) in [5, 5.41) is 10.1. The van der Waals surface area contributed by atoms with Gasteiger partial charge in [-0.05, 0) is 54.1 Å². The van der Waals surface area contributed by atoms with Crippen molar-refractivity contribution < 1.29 is 14.3 Å². The Hall–Kier alpha value is -4.39.